The zero-order chi connectivity index (χ0) is 21.1. The summed E-state index contributed by atoms with van der Waals surface area (Å²) >= 11 is 0. The summed E-state index contributed by atoms with van der Waals surface area (Å²) in [6.45, 7) is 4.38. The van der Waals surface area contributed by atoms with Crippen molar-refractivity contribution in [1.82, 2.24) is 0 Å². The van der Waals surface area contributed by atoms with Gasteiger partial charge in [0.1, 0.15) is 0 Å². The average Bonchev–Trinajstić information content (AvgIpc) is 2.66. The van der Waals surface area contributed by atoms with Gasteiger partial charge in [0.05, 0.1) is 11.9 Å². The number of hydrogen-bond acceptors (Lipinski definition) is 4. The van der Waals surface area contributed by atoms with E-state index in [1.807, 2.05) is 0 Å². The largest absolute Gasteiger partial charge is 1.00 e. The summed E-state index contributed by atoms with van der Waals surface area (Å²) in [6.07, 6.45) is 18.9. The SMILES string of the molecule is CCCCCCCCCCCCC(CCCCCCCCC)(C(=O)[O-])C(=O)[O-].[Li+].[Na+]. The van der Waals surface area contributed by atoms with Crippen LogP contribution in [0.3, 0.4) is 0 Å². The van der Waals surface area contributed by atoms with Gasteiger partial charge in [-0.3, -0.25) is 0 Å². The molecule has 0 spiro atoms. The van der Waals surface area contributed by atoms with Gasteiger partial charge in [-0.2, -0.15) is 0 Å². The van der Waals surface area contributed by atoms with Crippen LogP contribution < -0.4 is 58.6 Å². The Balaban J connectivity index is -0.00000364. The third-order valence-electron chi connectivity index (χ3n) is 5.95. The number of carbonyl (C=O) groups is 2. The molecule has 0 saturated heterocycles. The van der Waals surface area contributed by atoms with E-state index < -0.39 is 17.4 Å². The summed E-state index contributed by atoms with van der Waals surface area (Å²) in [5, 5.41) is 23.3. The number of carboxylic acid groups (broad SMARTS) is 2. The van der Waals surface area contributed by atoms with Crippen molar-refractivity contribution in [2.75, 3.05) is 0 Å². The molecule has 0 aliphatic rings. The Morgan fingerprint density at radius 1 is 0.533 bits per heavy atom. The number of carbonyl (C=O) groups excluding carboxylic acids is 2. The number of unbranched alkanes of at least 4 members (excludes halogenated alkanes) is 15. The van der Waals surface area contributed by atoms with Crippen molar-refractivity contribution in [3.63, 3.8) is 0 Å². The molecule has 0 radical (unpaired) electrons. The average molecular weight is 427 g/mol. The summed E-state index contributed by atoms with van der Waals surface area (Å²) in [6, 6.07) is 0. The van der Waals surface area contributed by atoms with Gasteiger partial charge < -0.3 is 19.8 Å². The van der Waals surface area contributed by atoms with Crippen LogP contribution in [0.5, 0.6) is 0 Å². The maximum atomic E-state index is 11.6. The van der Waals surface area contributed by atoms with Crippen molar-refractivity contribution >= 4 is 11.9 Å². The van der Waals surface area contributed by atoms with E-state index in [0.29, 0.717) is 12.8 Å². The van der Waals surface area contributed by atoms with Gasteiger partial charge in [-0.15, -0.1) is 0 Å². The van der Waals surface area contributed by atoms with Crippen LogP contribution >= 0.6 is 0 Å². The Kier molecular flexibility index (Phi) is 28.3. The Morgan fingerprint density at radius 2 is 0.767 bits per heavy atom. The molecule has 0 aliphatic carbocycles. The quantitative estimate of drug-likeness (QED) is 0.133. The van der Waals surface area contributed by atoms with Crippen molar-refractivity contribution in [2.45, 2.75) is 136 Å². The molecule has 0 aromatic carbocycles. The van der Waals surface area contributed by atoms with Crippen molar-refractivity contribution < 1.29 is 68.2 Å². The molecule has 0 aliphatic heterocycles. The fraction of sp³-hybridized carbons (Fsp3) is 0.917. The summed E-state index contributed by atoms with van der Waals surface area (Å²) in [7, 11) is 0. The van der Waals surface area contributed by atoms with E-state index in [2.05, 4.69) is 13.8 Å². The topological polar surface area (TPSA) is 80.3 Å². The first kappa shape index (κ1) is 35.1. The van der Waals surface area contributed by atoms with E-state index in [0.717, 1.165) is 38.5 Å². The van der Waals surface area contributed by atoms with Gasteiger partial charge in [0, 0.05) is 5.41 Å². The standard InChI is InChI=1S/C24H46O4.Li.Na/c1-3-5-7-9-11-12-13-15-17-19-21-24(22(25)26,23(27)28)20-18-16-14-10-8-6-4-2;;/h3-21H2,1-2H3,(H,25,26)(H,27,28);;/q;2*+1/p-2. The predicted molar refractivity (Wildman–Crippen MR) is 112 cm³/mol. The third kappa shape index (κ3) is 17.1. The first-order chi connectivity index (χ1) is 13.5. The summed E-state index contributed by atoms with van der Waals surface area (Å²) in [5.74, 6) is -2.93. The van der Waals surface area contributed by atoms with Crippen molar-refractivity contribution in [3.05, 3.63) is 0 Å². The number of aliphatic carboxylic acids is 2. The van der Waals surface area contributed by atoms with Crippen molar-refractivity contribution in [1.29, 1.82) is 0 Å². The minimum Gasteiger partial charge on any atom is -0.549 e. The van der Waals surface area contributed by atoms with Crippen LogP contribution in [0.2, 0.25) is 0 Å². The van der Waals surface area contributed by atoms with Crippen LogP contribution in [0.15, 0.2) is 0 Å². The Hall–Kier alpha value is 0.537. The molecule has 0 saturated carbocycles. The second-order valence-electron chi connectivity index (χ2n) is 8.46. The zero-order valence-electron chi connectivity index (χ0n) is 20.6. The van der Waals surface area contributed by atoms with Crippen molar-refractivity contribution in [2.24, 2.45) is 5.41 Å². The molecule has 0 atom stereocenters. The van der Waals surface area contributed by atoms with E-state index in [9.17, 15) is 19.8 Å². The molecule has 4 nitrogen and oxygen atoms in total. The molecule has 30 heavy (non-hydrogen) atoms. The molecule has 6 heteroatoms. The van der Waals surface area contributed by atoms with Crippen LogP contribution in [0.4, 0.5) is 0 Å². The minimum absolute atomic E-state index is 0. The fourth-order valence-corrected chi connectivity index (χ4v) is 3.91. The van der Waals surface area contributed by atoms with Gasteiger partial charge in [0.25, 0.3) is 0 Å². The molecule has 166 valence electrons. The third-order valence-corrected chi connectivity index (χ3v) is 5.95. The van der Waals surface area contributed by atoms with E-state index in [1.54, 1.807) is 0 Å². The summed E-state index contributed by atoms with van der Waals surface area (Å²) in [4.78, 5) is 23.3. The Morgan fingerprint density at radius 3 is 1.00 bits per heavy atom. The van der Waals surface area contributed by atoms with Crippen molar-refractivity contribution in [3.8, 4) is 0 Å². The van der Waals surface area contributed by atoms with E-state index >= 15 is 0 Å². The van der Waals surface area contributed by atoms with E-state index in [1.165, 1.54) is 57.8 Å². The van der Waals surface area contributed by atoms with E-state index in [4.69, 9.17) is 0 Å². The minimum atomic E-state index is -1.80. The van der Waals surface area contributed by atoms with Crippen LogP contribution in [-0.2, 0) is 9.59 Å². The van der Waals surface area contributed by atoms with Gasteiger partial charge in [0.2, 0.25) is 0 Å². The molecule has 0 unspecified atom stereocenters. The van der Waals surface area contributed by atoms with Gasteiger partial charge in [-0.05, 0) is 12.8 Å². The Bertz CT molecular complexity index is 391. The summed E-state index contributed by atoms with van der Waals surface area (Å²) in [5.41, 5.74) is -1.80. The van der Waals surface area contributed by atoms with E-state index in [-0.39, 0.29) is 61.3 Å². The molecule has 0 amide bonds. The number of hydrogen-bond donors (Lipinski definition) is 0. The van der Waals surface area contributed by atoms with Crippen LogP contribution in [-0.4, -0.2) is 11.9 Å². The second kappa shape index (κ2) is 24.2. The monoisotopic (exact) mass is 426 g/mol. The molecule has 0 bridgehead atoms. The zero-order valence-corrected chi connectivity index (χ0v) is 22.6. The van der Waals surface area contributed by atoms with Gasteiger partial charge in [-0.1, -0.05) is 123 Å². The maximum absolute atomic E-state index is 11.6. The first-order valence-electron chi connectivity index (χ1n) is 11.9. The smallest absolute Gasteiger partial charge is 0.549 e. The molecular formula is C24H44LiNaO4. The number of rotatable bonds is 21. The molecule has 0 heterocycles. The van der Waals surface area contributed by atoms with Crippen LogP contribution in [0.1, 0.15) is 136 Å². The molecule has 0 aromatic heterocycles. The normalized spacial score (nSPS) is 10.9. The molecule has 0 rings (SSSR count). The predicted octanol–water partition coefficient (Wildman–Crippen LogP) is -1.07. The number of carboxylic acids is 2. The summed E-state index contributed by atoms with van der Waals surface area (Å²) < 4.78 is 0. The Labute approximate surface area is 220 Å². The molecule has 0 aromatic rings. The van der Waals surface area contributed by atoms with Gasteiger partial charge in [0.15, 0.2) is 0 Å². The molecule has 0 fully saturated rings. The molecular weight excluding hydrogens is 382 g/mol. The van der Waals surface area contributed by atoms with Gasteiger partial charge >= 0.3 is 48.4 Å². The van der Waals surface area contributed by atoms with Gasteiger partial charge in [-0.25, -0.2) is 0 Å². The fourth-order valence-electron chi connectivity index (χ4n) is 3.91. The van der Waals surface area contributed by atoms with Crippen LogP contribution in [0, 0.1) is 5.41 Å². The maximum Gasteiger partial charge on any atom is 1.00 e. The first-order valence-corrected chi connectivity index (χ1v) is 11.9. The second-order valence-corrected chi connectivity index (χ2v) is 8.46. The molecule has 0 N–H and O–H groups in total. The van der Waals surface area contributed by atoms with Crippen LogP contribution in [0.25, 0.3) is 0 Å².